The highest BCUT2D eigenvalue weighted by Gasteiger charge is 2.25. The van der Waals surface area contributed by atoms with Crippen molar-refractivity contribution in [3.8, 4) is 24.2 Å². The van der Waals surface area contributed by atoms with E-state index in [0.29, 0.717) is 0 Å². The minimum Gasteiger partial charge on any atom is -0.463 e. The maximum Gasteiger partial charge on any atom is 0.126 e. The Morgan fingerprint density at radius 3 is 2.20 bits per heavy atom. The van der Waals surface area contributed by atoms with Gasteiger partial charge in [0.05, 0.1) is 11.1 Å². The van der Waals surface area contributed by atoms with Gasteiger partial charge in [-0.3, -0.25) is 0 Å². The second-order valence-corrected chi connectivity index (χ2v) is 4.51. The molecule has 1 aromatic rings. The lowest BCUT2D eigenvalue weighted by Crippen LogP contribution is -2.11. The van der Waals surface area contributed by atoms with Crippen LogP contribution in [0.15, 0.2) is 4.42 Å². The summed E-state index contributed by atoms with van der Waals surface area (Å²) in [6.07, 6.45) is 5.46. The Kier molecular flexibility index (Phi) is 2.96. The molecule has 1 rings (SSSR count). The van der Waals surface area contributed by atoms with E-state index < -0.39 is 0 Å². The topological polar surface area (TPSA) is 13.1 Å². The fraction of sp³-hybridized carbons (Fsp3) is 0.429. The fourth-order valence-corrected chi connectivity index (χ4v) is 1.49. The first-order chi connectivity index (χ1) is 6.91. The summed E-state index contributed by atoms with van der Waals surface area (Å²) >= 11 is 0. The maximum absolute atomic E-state index is 5.71. The van der Waals surface area contributed by atoms with Crippen LogP contribution in [-0.2, 0) is 5.41 Å². The predicted molar refractivity (Wildman–Crippen MR) is 62.6 cm³/mol. The van der Waals surface area contributed by atoms with E-state index in [1.54, 1.807) is 6.92 Å². The molecule has 0 bridgehead atoms. The van der Waals surface area contributed by atoms with E-state index in [1.165, 1.54) is 0 Å². The summed E-state index contributed by atoms with van der Waals surface area (Å²) in [5.74, 6) is 10.2. The molecule has 1 heteroatoms. The number of furan rings is 1. The van der Waals surface area contributed by atoms with Crippen molar-refractivity contribution in [2.24, 2.45) is 0 Å². The van der Waals surface area contributed by atoms with Gasteiger partial charge in [-0.25, -0.2) is 0 Å². The standard InChI is InChI=1S/C14H16O/c1-7-9-12-11(8-2)10(3)15-13(12)14(4,5)6/h2H,1,3-6H3. The molecule has 0 radical (unpaired) electrons. The monoisotopic (exact) mass is 200 g/mol. The van der Waals surface area contributed by atoms with Crippen molar-refractivity contribution in [1.29, 1.82) is 0 Å². The number of hydrogen-bond donors (Lipinski definition) is 0. The molecule has 0 N–H and O–H groups in total. The second kappa shape index (κ2) is 3.87. The Bertz CT molecular complexity index is 464. The largest absolute Gasteiger partial charge is 0.463 e. The van der Waals surface area contributed by atoms with Gasteiger partial charge in [0.1, 0.15) is 11.5 Å². The van der Waals surface area contributed by atoms with Crippen molar-refractivity contribution in [1.82, 2.24) is 0 Å². The third kappa shape index (κ3) is 2.08. The smallest absolute Gasteiger partial charge is 0.126 e. The van der Waals surface area contributed by atoms with Gasteiger partial charge in [-0.2, -0.15) is 0 Å². The van der Waals surface area contributed by atoms with Gasteiger partial charge in [0.25, 0.3) is 0 Å². The number of hydrogen-bond acceptors (Lipinski definition) is 1. The summed E-state index contributed by atoms with van der Waals surface area (Å²) in [6, 6.07) is 0. The van der Waals surface area contributed by atoms with Gasteiger partial charge in [-0.1, -0.05) is 32.6 Å². The molecule has 78 valence electrons. The minimum absolute atomic E-state index is 0.0704. The molecule has 0 fully saturated rings. The highest BCUT2D eigenvalue weighted by atomic mass is 16.3. The van der Waals surface area contributed by atoms with E-state index in [-0.39, 0.29) is 5.41 Å². The molecule has 0 aromatic carbocycles. The highest BCUT2D eigenvalue weighted by molar-refractivity contribution is 5.54. The summed E-state index contributed by atoms with van der Waals surface area (Å²) < 4.78 is 5.71. The van der Waals surface area contributed by atoms with Crippen LogP contribution in [0, 0.1) is 31.1 Å². The van der Waals surface area contributed by atoms with Crippen LogP contribution in [0.4, 0.5) is 0 Å². The summed E-state index contributed by atoms with van der Waals surface area (Å²) in [4.78, 5) is 0. The van der Waals surface area contributed by atoms with Crippen molar-refractivity contribution in [3.63, 3.8) is 0 Å². The van der Waals surface area contributed by atoms with Crippen LogP contribution in [0.1, 0.15) is 50.3 Å². The summed E-state index contributed by atoms with van der Waals surface area (Å²) in [6.45, 7) is 9.95. The zero-order chi connectivity index (χ0) is 11.6. The van der Waals surface area contributed by atoms with E-state index in [0.717, 1.165) is 22.6 Å². The van der Waals surface area contributed by atoms with Crippen molar-refractivity contribution < 1.29 is 4.42 Å². The quantitative estimate of drug-likeness (QED) is 0.586. The van der Waals surface area contributed by atoms with E-state index in [9.17, 15) is 0 Å². The Balaban J connectivity index is 3.54. The third-order valence-electron chi connectivity index (χ3n) is 2.16. The highest BCUT2D eigenvalue weighted by Crippen LogP contribution is 2.31. The van der Waals surface area contributed by atoms with Gasteiger partial charge in [0.2, 0.25) is 0 Å². The van der Waals surface area contributed by atoms with Crippen LogP contribution >= 0.6 is 0 Å². The molecule has 0 saturated heterocycles. The van der Waals surface area contributed by atoms with Gasteiger partial charge in [0, 0.05) is 5.41 Å². The molecule has 1 heterocycles. The second-order valence-electron chi connectivity index (χ2n) is 4.51. The average molecular weight is 200 g/mol. The molecule has 1 aromatic heterocycles. The Hall–Kier alpha value is -1.60. The first kappa shape index (κ1) is 11.5. The molecule has 15 heavy (non-hydrogen) atoms. The fourth-order valence-electron chi connectivity index (χ4n) is 1.49. The average Bonchev–Trinajstić information content (AvgIpc) is 2.42. The van der Waals surface area contributed by atoms with Crippen LogP contribution in [0.3, 0.4) is 0 Å². The first-order valence-corrected chi connectivity index (χ1v) is 4.95. The van der Waals surface area contributed by atoms with Gasteiger partial charge < -0.3 is 4.42 Å². The number of aryl methyl sites for hydroxylation is 1. The van der Waals surface area contributed by atoms with E-state index >= 15 is 0 Å². The molecule has 0 unspecified atom stereocenters. The molecule has 0 spiro atoms. The van der Waals surface area contributed by atoms with Crippen LogP contribution in [0.5, 0.6) is 0 Å². The van der Waals surface area contributed by atoms with Crippen LogP contribution in [0.2, 0.25) is 0 Å². The SMILES string of the molecule is C#Cc1c(C)oc(C(C)(C)C)c1C#CC. The number of terminal acetylenes is 1. The summed E-state index contributed by atoms with van der Waals surface area (Å²) in [5, 5.41) is 0. The molecule has 0 aliphatic rings. The van der Waals surface area contributed by atoms with E-state index in [4.69, 9.17) is 10.8 Å². The van der Waals surface area contributed by atoms with Crippen molar-refractivity contribution in [2.45, 2.75) is 40.0 Å². The zero-order valence-corrected chi connectivity index (χ0v) is 9.99. The molecule has 0 aliphatic carbocycles. The van der Waals surface area contributed by atoms with Crippen LogP contribution < -0.4 is 0 Å². The maximum atomic E-state index is 5.71. The third-order valence-corrected chi connectivity index (χ3v) is 2.16. The molecule has 0 saturated carbocycles. The lowest BCUT2D eigenvalue weighted by Gasteiger charge is -2.15. The molecule has 0 atom stereocenters. The molecule has 0 aliphatic heterocycles. The Morgan fingerprint density at radius 1 is 1.20 bits per heavy atom. The Morgan fingerprint density at radius 2 is 1.80 bits per heavy atom. The van der Waals surface area contributed by atoms with Crippen molar-refractivity contribution >= 4 is 0 Å². The molecule has 1 nitrogen and oxygen atoms in total. The lowest BCUT2D eigenvalue weighted by atomic mass is 9.89. The molecular weight excluding hydrogens is 184 g/mol. The molecule has 0 amide bonds. The Labute approximate surface area is 91.9 Å². The minimum atomic E-state index is -0.0704. The van der Waals surface area contributed by atoms with Gasteiger partial charge in [0.15, 0.2) is 0 Å². The molecular formula is C14H16O. The van der Waals surface area contributed by atoms with Crippen LogP contribution in [-0.4, -0.2) is 0 Å². The normalized spacial score (nSPS) is 10.4. The van der Waals surface area contributed by atoms with E-state index in [1.807, 2.05) is 6.92 Å². The van der Waals surface area contributed by atoms with Crippen LogP contribution in [0.25, 0.3) is 0 Å². The number of rotatable bonds is 0. The zero-order valence-electron chi connectivity index (χ0n) is 9.99. The van der Waals surface area contributed by atoms with Gasteiger partial charge in [-0.15, -0.1) is 12.3 Å². The van der Waals surface area contributed by atoms with Crippen molar-refractivity contribution in [2.75, 3.05) is 0 Å². The summed E-state index contributed by atoms with van der Waals surface area (Å²) in [7, 11) is 0. The van der Waals surface area contributed by atoms with Gasteiger partial charge in [-0.05, 0) is 13.8 Å². The predicted octanol–water partition coefficient (Wildman–Crippen LogP) is 3.24. The van der Waals surface area contributed by atoms with E-state index in [2.05, 4.69) is 38.5 Å². The lowest BCUT2D eigenvalue weighted by molar-refractivity contribution is 0.394. The summed E-state index contributed by atoms with van der Waals surface area (Å²) in [5.41, 5.74) is 1.58. The van der Waals surface area contributed by atoms with Crippen molar-refractivity contribution in [3.05, 3.63) is 22.6 Å². The van der Waals surface area contributed by atoms with Gasteiger partial charge >= 0.3 is 0 Å². The first-order valence-electron chi connectivity index (χ1n) is 4.95.